The van der Waals surface area contributed by atoms with Crippen molar-refractivity contribution in [3.8, 4) is 0 Å². The number of piperidine rings is 1. The number of carbonyl (C=O) groups is 1. The minimum Gasteiger partial charge on any atom is -0.376 e. The van der Waals surface area contributed by atoms with E-state index in [1.165, 1.54) is 0 Å². The van der Waals surface area contributed by atoms with Crippen LogP contribution in [0.3, 0.4) is 0 Å². The summed E-state index contributed by atoms with van der Waals surface area (Å²) >= 11 is 6.06. The Kier molecular flexibility index (Phi) is 6.82. The maximum Gasteiger partial charge on any atom is 0.243 e. The zero-order valence-corrected chi connectivity index (χ0v) is 18.3. The molecule has 3 rings (SSSR count). The van der Waals surface area contributed by atoms with Crippen molar-refractivity contribution in [3.63, 3.8) is 0 Å². The second kappa shape index (κ2) is 9.15. The number of hydrogen-bond donors (Lipinski definition) is 1. The highest BCUT2D eigenvalue weighted by Crippen LogP contribution is 2.28. The predicted octanol–water partition coefficient (Wildman–Crippen LogP) is 3.76. The van der Waals surface area contributed by atoms with Gasteiger partial charge in [0.25, 0.3) is 0 Å². The third-order valence-electron chi connectivity index (χ3n) is 4.96. The molecule has 29 heavy (non-hydrogen) atoms. The maximum absolute atomic E-state index is 12.7. The van der Waals surface area contributed by atoms with E-state index in [9.17, 15) is 13.2 Å². The molecule has 0 spiro atoms. The normalized spacial score (nSPS) is 15.1. The van der Waals surface area contributed by atoms with Crippen LogP contribution in [-0.2, 0) is 21.2 Å². The number of benzene rings is 2. The van der Waals surface area contributed by atoms with Crippen LogP contribution in [0.1, 0.15) is 24.8 Å². The first kappa shape index (κ1) is 21.6. The van der Waals surface area contributed by atoms with Crippen molar-refractivity contribution in [1.29, 1.82) is 0 Å². The van der Waals surface area contributed by atoms with Gasteiger partial charge in [0.1, 0.15) is 0 Å². The Morgan fingerprint density at radius 1 is 1.07 bits per heavy atom. The van der Waals surface area contributed by atoms with Crippen molar-refractivity contribution in [2.45, 2.75) is 30.6 Å². The summed E-state index contributed by atoms with van der Waals surface area (Å²) < 4.78 is 27.0. The fraction of sp³-hybridized carbons (Fsp3) is 0.381. The number of hydrogen-bond acceptors (Lipinski definition) is 4. The van der Waals surface area contributed by atoms with E-state index in [-0.39, 0.29) is 17.2 Å². The summed E-state index contributed by atoms with van der Waals surface area (Å²) in [7, 11) is 0.315. The maximum atomic E-state index is 12.7. The Bertz CT molecular complexity index is 969. The fourth-order valence-electron chi connectivity index (χ4n) is 3.41. The van der Waals surface area contributed by atoms with Gasteiger partial charge in [0.2, 0.25) is 15.9 Å². The Labute approximate surface area is 177 Å². The van der Waals surface area contributed by atoms with Crippen LogP contribution in [0.15, 0.2) is 47.4 Å². The van der Waals surface area contributed by atoms with Crippen LogP contribution in [0.2, 0.25) is 5.02 Å². The lowest BCUT2D eigenvalue weighted by atomic mass is 10.1. The first-order valence-corrected chi connectivity index (χ1v) is 11.4. The van der Waals surface area contributed by atoms with E-state index in [1.807, 2.05) is 25.1 Å². The van der Waals surface area contributed by atoms with Crippen molar-refractivity contribution >= 4 is 38.9 Å². The number of rotatable bonds is 6. The van der Waals surface area contributed by atoms with Crippen LogP contribution in [-0.4, -0.2) is 45.8 Å². The number of halogens is 1. The van der Waals surface area contributed by atoms with Gasteiger partial charge in [0.15, 0.2) is 0 Å². The van der Waals surface area contributed by atoms with Gasteiger partial charge in [0, 0.05) is 32.2 Å². The Hall–Kier alpha value is -2.09. The number of sulfonamides is 1. The molecule has 2 aromatic rings. The molecule has 1 saturated heterocycles. The van der Waals surface area contributed by atoms with Gasteiger partial charge in [-0.15, -0.1) is 0 Å². The molecule has 0 saturated carbocycles. The third-order valence-corrected chi connectivity index (χ3v) is 7.10. The van der Waals surface area contributed by atoms with Gasteiger partial charge in [-0.1, -0.05) is 30.2 Å². The van der Waals surface area contributed by atoms with Gasteiger partial charge < -0.3 is 10.2 Å². The van der Waals surface area contributed by atoms with Gasteiger partial charge in [0.05, 0.1) is 22.7 Å². The number of anilines is 2. The fourth-order valence-corrected chi connectivity index (χ4v) is 5.10. The average Bonchev–Trinajstić information content (AvgIpc) is 2.69. The monoisotopic (exact) mass is 435 g/mol. The first-order valence-electron chi connectivity index (χ1n) is 9.63. The molecular weight excluding hydrogens is 410 g/mol. The van der Waals surface area contributed by atoms with Gasteiger partial charge >= 0.3 is 0 Å². The van der Waals surface area contributed by atoms with Crippen molar-refractivity contribution in [1.82, 2.24) is 4.31 Å². The molecule has 1 amide bonds. The summed E-state index contributed by atoms with van der Waals surface area (Å²) in [4.78, 5) is 14.7. The van der Waals surface area contributed by atoms with Gasteiger partial charge in [-0.25, -0.2) is 8.42 Å². The summed E-state index contributed by atoms with van der Waals surface area (Å²) in [5.41, 5.74) is 2.23. The molecule has 0 radical (unpaired) electrons. The highest BCUT2D eigenvalue weighted by molar-refractivity contribution is 7.89. The van der Waals surface area contributed by atoms with Crippen molar-refractivity contribution in [2.75, 3.05) is 37.4 Å². The third kappa shape index (κ3) is 5.29. The number of carbonyl (C=O) groups excluding carboxylic acids is 1. The van der Waals surface area contributed by atoms with E-state index < -0.39 is 10.0 Å². The number of nitrogens with one attached hydrogen (secondary N) is 1. The molecule has 0 aliphatic carbocycles. The second-order valence-electron chi connectivity index (χ2n) is 7.39. The SMILES string of the molecule is CN(C)c1ccc(Cl)cc1NC(=O)Cc1ccc(S(=O)(=O)N2CCCCC2)cc1. The molecule has 1 fully saturated rings. The molecule has 1 N–H and O–H groups in total. The highest BCUT2D eigenvalue weighted by Gasteiger charge is 2.25. The predicted molar refractivity (Wildman–Crippen MR) is 117 cm³/mol. The average molecular weight is 436 g/mol. The van der Waals surface area contributed by atoms with Crippen LogP contribution in [0.25, 0.3) is 0 Å². The van der Waals surface area contributed by atoms with Crippen molar-refractivity contribution in [2.24, 2.45) is 0 Å². The molecule has 6 nitrogen and oxygen atoms in total. The molecule has 156 valence electrons. The topological polar surface area (TPSA) is 69.7 Å². The largest absolute Gasteiger partial charge is 0.376 e. The number of nitrogens with zero attached hydrogens (tertiary/aromatic N) is 2. The summed E-state index contributed by atoms with van der Waals surface area (Å²) in [5, 5.41) is 3.43. The van der Waals surface area contributed by atoms with Crippen molar-refractivity contribution in [3.05, 3.63) is 53.1 Å². The first-order chi connectivity index (χ1) is 13.8. The lowest BCUT2D eigenvalue weighted by Gasteiger charge is -2.25. The quantitative estimate of drug-likeness (QED) is 0.749. The highest BCUT2D eigenvalue weighted by atomic mass is 35.5. The molecule has 8 heteroatoms. The summed E-state index contributed by atoms with van der Waals surface area (Å²) in [6.45, 7) is 1.14. The van der Waals surface area contributed by atoms with Gasteiger partial charge in [-0.3, -0.25) is 4.79 Å². The van der Waals surface area contributed by atoms with E-state index in [1.54, 1.807) is 40.7 Å². The van der Waals surface area contributed by atoms with E-state index >= 15 is 0 Å². The van der Waals surface area contributed by atoms with Crippen LogP contribution in [0.5, 0.6) is 0 Å². The summed E-state index contributed by atoms with van der Waals surface area (Å²) in [6.07, 6.45) is 3.01. The Morgan fingerprint density at radius 2 is 1.72 bits per heavy atom. The lowest BCUT2D eigenvalue weighted by molar-refractivity contribution is -0.115. The van der Waals surface area contributed by atoms with E-state index in [0.717, 1.165) is 30.5 Å². The molecular formula is C21H26ClN3O3S. The zero-order chi connectivity index (χ0) is 21.0. The van der Waals surface area contributed by atoms with Crippen molar-refractivity contribution < 1.29 is 13.2 Å². The summed E-state index contributed by atoms with van der Waals surface area (Å²) in [6, 6.07) is 11.9. The molecule has 1 heterocycles. The minimum absolute atomic E-state index is 0.142. The minimum atomic E-state index is -3.46. The smallest absolute Gasteiger partial charge is 0.243 e. The van der Waals surface area contributed by atoms with E-state index in [0.29, 0.717) is 23.8 Å². The second-order valence-corrected chi connectivity index (χ2v) is 9.76. The van der Waals surface area contributed by atoms with Crippen LogP contribution >= 0.6 is 11.6 Å². The number of amides is 1. The lowest BCUT2D eigenvalue weighted by Crippen LogP contribution is -2.35. The molecule has 2 aromatic carbocycles. The van der Waals surface area contributed by atoms with Crippen LogP contribution < -0.4 is 10.2 Å². The molecule has 0 aromatic heterocycles. The standard InChI is InChI=1S/C21H26ClN3O3S/c1-24(2)20-11-8-17(22)15-19(20)23-21(26)14-16-6-9-18(10-7-16)29(27,28)25-12-4-3-5-13-25/h6-11,15H,3-5,12-14H2,1-2H3,(H,23,26). The van der Waals surface area contributed by atoms with Crippen LogP contribution in [0.4, 0.5) is 11.4 Å². The van der Waals surface area contributed by atoms with Gasteiger partial charge in [-0.2, -0.15) is 4.31 Å². The Balaban J connectivity index is 1.68. The molecule has 0 bridgehead atoms. The molecule has 0 unspecified atom stereocenters. The van der Waals surface area contributed by atoms with Crippen LogP contribution in [0, 0.1) is 0 Å². The van der Waals surface area contributed by atoms with E-state index in [4.69, 9.17) is 11.6 Å². The summed E-state index contributed by atoms with van der Waals surface area (Å²) in [5.74, 6) is -0.193. The van der Waals surface area contributed by atoms with E-state index in [2.05, 4.69) is 5.32 Å². The molecule has 1 aliphatic rings. The zero-order valence-electron chi connectivity index (χ0n) is 16.7. The Morgan fingerprint density at radius 3 is 2.34 bits per heavy atom. The molecule has 1 aliphatic heterocycles. The van der Waals surface area contributed by atoms with Gasteiger partial charge in [-0.05, 0) is 48.7 Å². The molecule has 0 atom stereocenters.